The molecule has 0 aliphatic carbocycles. The topological polar surface area (TPSA) is 187 Å². The number of benzene rings is 7. The molecule has 12 nitrogen and oxygen atoms in total. The van der Waals surface area contributed by atoms with Crippen molar-refractivity contribution in [3.8, 4) is 34.5 Å². The van der Waals surface area contributed by atoms with Crippen LogP contribution in [0.2, 0.25) is 0 Å². The lowest BCUT2D eigenvalue weighted by Crippen LogP contribution is -2.55. The molecule has 0 bridgehead atoms. The Morgan fingerprint density at radius 1 is 0.212 bits per heavy atom. The summed E-state index contributed by atoms with van der Waals surface area (Å²) in [4.78, 5) is 44.0. The summed E-state index contributed by atoms with van der Waals surface area (Å²) in [6.45, 7) is 79.4. The molecular weight excluding hydrogens is 1400 g/mol. The SMILES string of the molecule is CC(C)(C)c1cc(Cn2c(=O)n(Cc3cc(C(C)(C)C)c(O)c(C(C)(C)C)c3)c(=O)n(Cc3cc(C(C)(C)C)c(O)c(C(C)(C)C)c3)c2=O)cc(C(C)(C)C)c1O.Cc1c(Cc2cc(C(C)(C)C)c(O)c(C(C)(C)C)c2)cc(Cc2cc(C(C)(C)C)c(O)c(C(C)(C)C)c2)c(C)c1Cc1cc(C(C)(C)C)c(O)c(C(C)(C)C)c1. The highest BCUT2D eigenvalue weighted by Gasteiger charge is 2.35. The van der Waals surface area contributed by atoms with Crippen LogP contribution in [0.3, 0.4) is 0 Å². The normalized spacial score (nSPS) is 13.4. The second-order valence-corrected chi connectivity index (χ2v) is 45.3. The average Bonchev–Trinajstić information content (AvgIpc) is 0.755. The standard InChI is InChI=1S/C53H76O3.C48H69N3O6/c1-31-36(21-33-24-39(48(3,4)5)45(54)40(25-33)49(6,7)8)30-37(22-34-26-41(50(9,10)11)46(55)42(27-34)51(12,13)14)32(2)38(31)23-35-28-43(52(15,16)17)47(56)44(29-35)53(18,19)20;1-43(2,3)31-19-28(20-32(37(31)52)44(4,5)6)25-49-40(55)50(26-29-21-33(45(7,8)9)38(53)34(22-29)46(10,11)12)42(57)51(41(49)56)27-30-23-35(47(13,14)15)39(54)36(24-30)48(16,17)18/h24-30,54-56H,21-23H2,1-20H3;19-24,52-54H,25-27H2,1-18H3. The molecule has 7 aromatic carbocycles. The lowest BCUT2D eigenvalue weighted by atomic mass is 9.76. The van der Waals surface area contributed by atoms with Crippen LogP contribution >= 0.6 is 0 Å². The number of nitrogens with zero attached hydrogens (tertiary/aromatic N) is 3. The minimum absolute atomic E-state index is 0.142. The predicted octanol–water partition coefficient (Wildman–Crippen LogP) is 23.2. The zero-order chi connectivity index (χ0) is 86.6. The van der Waals surface area contributed by atoms with Crippen LogP contribution < -0.4 is 17.1 Å². The monoisotopic (exact) mass is 1540 g/mol. The molecular formula is C101H145N3O9. The largest absolute Gasteiger partial charge is 0.507 e. The molecule has 113 heavy (non-hydrogen) atoms. The first-order valence-electron chi connectivity index (χ1n) is 40.9. The molecule has 0 atom stereocenters. The van der Waals surface area contributed by atoms with Crippen LogP contribution in [0, 0.1) is 13.8 Å². The number of aromatic hydroxyl groups is 6. The summed E-state index contributed by atoms with van der Waals surface area (Å²) in [5.41, 5.74) is 15.7. The number of aromatic nitrogens is 3. The van der Waals surface area contributed by atoms with Gasteiger partial charge in [-0.15, -0.1) is 0 Å². The van der Waals surface area contributed by atoms with Crippen molar-refractivity contribution in [3.05, 3.63) is 238 Å². The number of rotatable bonds is 12. The van der Waals surface area contributed by atoms with Crippen LogP contribution in [-0.2, 0) is 104 Å². The van der Waals surface area contributed by atoms with E-state index < -0.39 is 49.6 Å². The van der Waals surface area contributed by atoms with E-state index in [9.17, 15) is 45.0 Å². The summed E-state index contributed by atoms with van der Waals surface area (Å²) in [5, 5.41) is 69.1. The van der Waals surface area contributed by atoms with Crippen LogP contribution in [0.1, 0.15) is 377 Å². The molecule has 0 unspecified atom stereocenters. The second-order valence-electron chi connectivity index (χ2n) is 45.3. The van der Waals surface area contributed by atoms with Crippen LogP contribution in [0.15, 0.2) is 93.2 Å². The summed E-state index contributed by atoms with van der Waals surface area (Å²) in [6.07, 6.45) is 2.23. The van der Waals surface area contributed by atoms with Crippen molar-refractivity contribution in [3.63, 3.8) is 0 Å². The lowest BCUT2D eigenvalue weighted by Gasteiger charge is -2.29. The quantitative estimate of drug-likeness (QED) is 0.0692. The fourth-order valence-electron chi connectivity index (χ4n) is 15.6. The molecule has 0 amide bonds. The Bertz CT molecular complexity index is 4500. The van der Waals surface area contributed by atoms with Crippen molar-refractivity contribution in [2.24, 2.45) is 0 Å². The molecule has 8 rings (SSSR count). The van der Waals surface area contributed by atoms with E-state index in [2.05, 4.69) is 181 Å². The van der Waals surface area contributed by atoms with Gasteiger partial charge in [-0.05, 0) is 262 Å². The Labute approximate surface area is 680 Å². The van der Waals surface area contributed by atoms with E-state index in [-0.39, 0.29) is 69.4 Å². The molecule has 0 aliphatic heterocycles. The Hall–Kier alpha value is -8.25. The van der Waals surface area contributed by atoms with Gasteiger partial charge >= 0.3 is 17.1 Å². The summed E-state index contributed by atoms with van der Waals surface area (Å²) >= 11 is 0. The average molecular weight is 1550 g/mol. The van der Waals surface area contributed by atoms with Crippen molar-refractivity contribution in [2.45, 2.75) is 367 Å². The summed E-state index contributed by atoms with van der Waals surface area (Å²) in [6, 6.07) is 26.8. The Balaban J connectivity index is 0.000000313. The zero-order valence-electron chi connectivity index (χ0n) is 77.0. The van der Waals surface area contributed by atoms with Gasteiger partial charge in [0.25, 0.3) is 0 Å². The Kier molecular flexibility index (Phi) is 25.3. The molecule has 8 aromatic rings. The fraction of sp³-hybridized carbons (Fsp3) is 0.554. The van der Waals surface area contributed by atoms with Crippen LogP contribution in [-0.4, -0.2) is 44.3 Å². The summed E-state index contributed by atoms with van der Waals surface area (Å²) < 4.78 is 3.33. The van der Waals surface area contributed by atoms with Gasteiger partial charge in [-0.1, -0.05) is 292 Å². The van der Waals surface area contributed by atoms with Crippen LogP contribution in [0.5, 0.6) is 34.5 Å². The Morgan fingerprint density at radius 2 is 0.345 bits per heavy atom. The van der Waals surface area contributed by atoms with E-state index in [1.165, 1.54) is 44.5 Å². The molecule has 0 saturated heterocycles. The number of hydrogen-bond acceptors (Lipinski definition) is 9. The first-order valence-corrected chi connectivity index (χ1v) is 40.9. The van der Waals surface area contributed by atoms with Gasteiger partial charge in [-0.25, -0.2) is 28.1 Å². The second kappa shape index (κ2) is 31.1. The van der Waals surface area contributed by atoms with Gasteiger partial charge in [0.15, 0.2) is 0 Å². The first kappa shape index (κ1) is 91.9. The molecule has 0 spiro atoms. The first-order chi connectivity index (χ1) is 50.7. The minimum Gasteiger partial charge on any atom is -0.507 e. The third kappa shape index (κ3) is 20.7. The molecule has 0 aliphatic rings. The molecule has 0 radical (unpaired) electrons. The van der Waals surface area contributed by atoms with Gasteiger partial charge in [0.1, 0.15) is 34.5 Å². The highest BCUT2D eigenvalue weighted by Crippen LogP contribution is 2.48. The molecule has 12 heteroatoms. The van der Waals surface area contributed by atoms with Gasteiger partial charge in [0.05, 0.1) is 19.6 Å². The maximum Gasteiger partial charge on any atom is 0.336 e. The lowest BCUT2D eigenvalue weighted by molar-refractivity contribution is 0.420. The van der Waals surface area contributed by atoms with Crippen molar-refractivity contribution in [2.75, 3.05) is 0 Å². The minimum atomic E-state index is -0.761. The fourth-order valence-corrected chi connectivity index (χ4v) is 15.6. The highest BCUT2D eigenvalue weighted by molar-refractivity contribution is 5.59. The van der Waals surface area contributed by atoms with Gasteiger partial charge in [0, 0.05) is 0 Å². The van der Waals surface area contributed by atoms with Gasteiger partial charge < -0.3 is 30.6 Å². The third-order valence-electron chi connectivity index (χ3n) is 22.5. The summed E-state index contributed by atoms with van der Waals surface area (Å²) in [7, 11) is 0. The zero-order valence-corrected chi connectivity index (χ0v) is 77.0. The molecule has 0 fully saturated rings. The molecule has 1 aromatic heterocycles. The van der Waals surface area contributed by atoms with Gasteiger partial charge in [-0.3, -0.25) is 0 Å². The number of phenols is 6. The molecule has 6 N–H and O–H groups in total. The van der Waals surface area contributed by atoms with E-state index in [1.807, 2.05) is 161 Å². The maximum atomic E-state index is 14.7. The maximum absolute atomic E-state index is 14.7. The van der Waals surface area contributed by atoms with Gasteiger partial charge in [-0.2, -0.15) is 0 Å². The highest BCUT2D eigenvalue weighted by atomic mass is 16.3. The van der Waals surface area contributed by atoms with E-state index in [1.54, 1.807) is 0 Å². The van der Waals surface area contributed by atoms with Crippen LogP contribution in [0.4, 0.5) is 0 Å². The smallest absolute Gasteiger partial charge is 0.336 e. The van der Waals surface area contributed by atoms with Crippen molar-refractivity contribution >= 4 is 0 Å². The molecule has 0 saturated carbocycles. The molecule has 1 heterocycles. The Morgan fingerprint density at radius 3 is 0.487 bits per heavy atom. The van der Waals surface area contributed by atoms with E-state index in [4.69, 9.17) is 0 Å². The molecule has 618 valence electrons. The third-order valence-corrected chi connectivity index (χ3v) is 22.5. The number of phenolic OH excluding ortho intramolecular Hbond substituents is 6. The van der Waals surface area contributed by atoms with Gasteiger partial charge in [0.2, 0.25) is 0 Å². The van der Waals surface area contributed by atoms with E-state index >= 15 is 0 Å². The summed E-state index contributed by atoms with van der Waals surface area (Å²) in [5.74, 6) is 1.77. The van der Waals surface area contributed by atoms with Crippen molar-refractivity contribution in [1.82, 2.24) is 13.7 Å². The van der Waals surface area contributed by atoms with E-state index in [0.717, 1.165) is 66.3 Å². The number of hydrogen-bond donors (Lipinski definition) is 6. The van der Waals surface area contributed by atoms with E-state index in [0.29, 0.717) is 67.3 Å². The predicted molar refractivity (Wildman–Crippen MR) is 474 cm³/mol. The van der Waals surface area contributed by atoms with Crippen LogP contribution in [0.25, 0.3) is 0 Å². The van der Waals surface area contributed by atoms with Crippen molar-refractivity contribution < 1.29 is 30.6 Å². The van der Waals surface area contributed by atoms with Crippen molar-refractivity contribution in [1.29, 1.82) is 0 Å².